The Morgan fingerprint density at radius 3 is 2.60 bits per heavy atom. The van der Waals surface area contributed by atoms with Crippen LogP contribution in [0.1, 0.15) is 36.1 Å². The number of hydrogen-bond donors (Lipinski definition) is 1. The van der Waals surface area contributed by atoms with E-state index in [0.29, 0.717) is 6.04 Å². The Morgan fingerprint density at radius 1 is 1.30 bits per heavy atom. The zero-order valence-electron chi connectivity index (χ0n) is 13.2. The van der Waals surface area contributed by atoms with Gasteiger partial charge in [-0.1, -0.05) is 6.92 Å². The van der Waals surface area contributed by atoms with Gasteiger partial charge in [-0.2, -0.15) is 0 Å². The van der Waals surface area contributed by atoms with Crippen molar-refractivity contribution in [2.75, 3.05) is 34.9 Å². The van der Waals surface area contributed by atoms with Gasteiger partial charge in [0.2, 0.25) is 0 Å². The van der Waals surface area contributed by atoms with E-state index >= 15 is 0 Å². The number of rotatable bonds is 5. The lowest BCUT2D eigenvalue weighted by atomic mass is 9.89. The molecule has 112 valence electrons. The van der Waals surface area contributed by atoms with Gasteiger partial charge in [0.15, 0.2) is 0 Å². The van der Waals surface area contributed by atoms with Crippen molar-refractivity contribution >= 4 is 0 Å². The Labute approximate surface area is 122 Å². The van der Waals surface area contributed by atoms with Gasteiger partial charge in [0.25, 0.3) is 0 Å². The molecule has 1 N–H and O–H groups in total. The molecule has 20 heavy (non-hydrogen) atoms. The normalized spacial score (nSPS) is 18.0. The molecule has 0 saturated heterocycles. The minimum Gasteiger partial charge on any atom is -0.496 e. The van der Waals surface area contributed by atoms with Crippen LogP contribution in [-0.4, -0.2) is 39.8 Å². The van der Waals surface area contributed by atoms with Crippen LogP contribution in [-0.2, 0) is 13.0 Å². The van der Waals surface area contributed by atoms with E-state index in [4.69, 9.17) is 9.47 Å². The average molecular weight is 278 g/mol. The molecule has 0 amide bonds. The number of benzene rings is 1. The summed E-state index contributed by atoms with van der Waals surface area (Å²) < 4.78 is 11.4. The molecule has 4 heteroatoms. The van der Waals surface area contributed by atoms with Crippen LogP contribution < -0.4 is 14.8 Å². The lowest BCUT2D eigenvalue weighted by Crippen LogP contribution is -2.30. The lowest BCUT2D eigenvalue weighted by molar-refractivity contribution is 0.352. The molecule has 1 aromatic carbocycles. The Hall–Kier alpha value is -1.26. The highest BCUT2D eigenvalue weighted by atomic mass is 16.5. The van der Waals surface area contributed by atoms with Crippen LogP contribution >= 0.6 is 0 Å². The van der Waals surface area contributed by atoms with E-state index in [1.54, 1.807) is 14.2 Å². The summed E-state index contributed by atoms with van der Waals surface area (Å²) in [4.78, 5) is 2.15. The second kappa shape index (κ2) is 6.46. The third-order valence-corrected chi connectivity index (χ3v) is 3.89. The van der Waals surface area contributed by atoms with Crippen molar-refractivity contribution in [2.24, 2.45) is 0 Å². The van der Waals surface area contributed by atoms with Crippen LogP contribution in [0.15, 0.2) is 6.07 Å². The molecule has 0 bridgehead atoms. The molecule has 1 atom stereocenters. The van der Waals surface area contributed by atoms with Crippen LogP contribution in [0.2, 0.25) is 0 Å². The van der Waals surface area contributed by atoms with Crippen molar-refractivity contribution in [2.45, 2.75) is 32.4 Å². The van der Waals surface area contributed by atoms with Gasteiger partial charge in [0.05, 0.1) is 14.2 Å². The first-order valence-electron chi connectivity index (χ1n) is 7.27. The summed E-state index contributed by atoms with van der Waals surface area (Å²) in [5, 5.41) is 3.57. The van der Waals surface area contributed by atoms with Gasteiger partial charge in [-0.05, 0) is 39.5 Å². The quantitative estimate of drug-likeness (QED) is 0.896. The van der Waals surface area contributed by atoms with Crippen LogP contribution in [0.3, 0.4) is 0 Å². The fourth-order valence-electron chi connectivity index (χ4n) is 3.10. The first-order chi connectivity index (χ1) is 9.62. The van der Waals surface area contributed by atoms with Gasteiger partial charge in [-0.15, -0.1) is 0 Å². The Kier molecular flexibility index (Phi) is 4.89. The van der Waals surface area contributed by atoms with Crippen molar-refractivity contribution in [3.05, 3.63) is 22.8 Å². The SMILES string of the molecule is CCC1NCCc2c(OC)c(CN(C)C)cc(OC)c21. The second-order valence-electron chi connectivity index (χ2n) is 5.57. The summed E-state index contributed by atoms with van der Waals surface area (Å²) in [6.07, 6.45) is 2.05. The summed E-state index contributed by atoms with van der Waals surface area (Å²) in [5.74, 6) is 2.02. The molecule has 1 unspecified atom stereocenters. The Balaban J connectivity index is 2.59. The van der Waals surface area contributed by atoms with E-state index in [1.807, 2.05) is 0 Å². The van der Waals surface area contributed by atoms with Crippen molar-refractivity contribution < 1.29 is 9.47 Å². The predicted molar refractivity (Wildman–Crippen MR) is 81.7 cm³/mol. The molecule has 1 aromatic rings. The molecule has 1 heterocycles. The van der Waals surface area contributed by atoms with Crippen molar-refractivity contribution in [1.29, 1.82) is 0 Å². The van der Waals surface area contributed by atoms with E-state index in [2.05, 4.69) is 37.3 Å². The van der Waals surface area contributed by atoms with Gasteiger partial charge in [-0.25, -0.2) is 0 Å². The Morgan fingerprint density at radius 2 is 2.05 bits per heavy atom. The maximum atomic E-state index is 5.73. The highest BCUT2D eigenvalue weighted by molar-refractivity contribution is 5.56. The third-order valence-electron chi connectivity index (χ3n) is 3.89. The molecule has 0 radical (unpaired) electrons. The minimum atomic E-state index is 0.357. The number of nitrogens with one attached hydrogen (secondary N) is 1. The van der Waals surface area contributed by atoms with Gasteiger partial charge in [0, 0.05) is 29.3 Å². The fraction of sp³-hybridized carbons (Fsp3) is 0.625. The van der Waals surface area contributed by atoms with E-state index in [0.717, 1.165) is 37.4 Å². The molecule has 0 spiro atoms. The lowest BCUT2D eigenvalue weighted by Gasteiger charge is -2.31. The van der Waals surface area contributed by atoms with E-state index in [1.165, 1.54) is 16.7 Å². The molecule has 1 aliphatic rings. The van der Waals surface area contributed by atoms with Crippen LogP contribution in [0.5, 0.6) is 11.5 Å². The van der Waals surface area contributed by atoms with E-state index in [9.17, 15) is 0 Å². The van der Waals surface area contributed by atoms with Crippen molar-refractivity contribution in [3.63, 3.8) is 0 Å². The predicted octanol–water partition coefficient (Wildman–Crippen LogP) is 2.36. The molecule has 0 fully saturated rings. The van der Waals surface area contributed by atoms with Crippen LogP contribution in [0.25, 0.3) is 0 Å². The second-order valence-corrected chi connectivity index (χ2v) is 5.57. The van der Waals surface area contributed by atoms with Gasteiger partial charge in [0.1, 0.15) is 11.5 Å². The molecule has 0 aliphatic carbocycles. The van der Waals surface area contributed by atoms with Gasteiger partial charge >= 0.3 is 0 Å². The first-order valence-corrected chi connectivity index (χ1v) is 7.27. The fourth-order valence-corrected chi connectivity index (χ4v) is 3.10. The summed E-state index contributed by atoms with van der Waals surface area (Å²) in [5.41, 5.74) is 3.79. The Bertz CT molecular complexity index is 472. The van der Waals surface area contributed by atoms with E-state index in [-0.39, 0.29) is 0 Å². The molecule has 0 aromatic heterocycles. The highest BCUT2D eigenvalue weighted by Gasteiger charge is 2.27. The number of methoxy groups -OCH3 is 2. The van der Waals surface area contributed by atoms with Gasteiger partial charge in [-0.3, -0.25) is 0 Å². The smallest absolute Gasteiger partial charge is 0.127 e. The highest BCUT2D eigenvalue weighted by Crippen LogP contribution is 2.41. The largest absolute Gasteiger partial charge is 0.496 e. The number of fused-ring (bicyclic) bond motifs is 1. The number of ether oxygens (including phenoxy) is 2. The topological polar surface area (TPSA) is 33.7 Å². The maximum absolute atomic E-state index is 5.73. The van der Waals surface area contributed by atoms with E-state index < -0.39 is 0 Å². The first kappa shape index (κ1) is 15.1. The molecular weight excluding hydrogens is 252 g/mol. The number of hydrogen-bond acceptors (Lipinski definition) is 4. The third kappa shape index (κ3) is 2.76. The number of nitrogens with zero attached hydrogens (tertiary/aromatic N) is 1. The summed E-state index contributed by atoms with van der Waals surface area (Å²) in [6, 6.07) is 2.49. The summed E-state index contributed by atoms with van der Waals surface area (Å²) in [6.45, 7) is 4.06. The zero-order chi connectivity index (χ0) is 14.7. The average Bonchev–Trinajstić information content (AvgIpc) is 2.44. The summed E-state index contributed by atoms with van der Waals surface area (Å²) in [7, 11) is 7.66. The molecule has 0 saturated carbocycles. The van der Waals surface area contributed by atoms with Crippen LogP contribution in [0, 0.1) is 0 Å². The van der Waals surface area contributed by atoms with Gasteiger partial charge < -0.3 is 19.7 Å². The van der Waals surface area contributed by atoms with Crippen LogP contribution in [0.4, 0.5) is 0 Å². The maximum Gasteiger partial charge on any atom is 0.127 e. The molecule has 4 nitrogen and oxygen atoms in total. The molecule has 2 rings (SSSR count). The van der Waals surface area contributed by atoms with Crippen molar-refractivity contribution in [1.82, 2.24) is 10.2 Å². The zero-order valence-corrected chi connectivity index (χ0v) is 13.2. The molecular formula is C16H26N2O2. The molecule has 1 aliphatic heterocycles. The van der Waals surface area contributed by atoms with Crippen molar-refractivity contribution in [3.8, 4) is 11.5 Å². The standard InChI is InChI=1S/C16H26N2O2/c1-6-13-15-12(7-8-17-13)16(20-5)11(10-18(2)3)9-14(15)19-4/h9,13,17H,6-8,10H2,1-5H3. The summed E-state index contributed by atoms with van der Waals surface area (Å²) >= 11 is 0. The minimum absolute atomic E-state index is 0.357. The monoisotopic (exact) mass is 278 g/mol.